The number of fused-ring (bicyclic) bond motifs is 1. The number of ether oxygens (including phenoxy) is 1. The Balaban J connectivity index is 1.87. The predicted octanol–water partition coefficient (Wildman–Crippen LogP) is 1.05. The molecule has 1 aromatic carbocycles. The standard InChI is InChI=1S/C11H9FN6O/c12-7-3-1-2-6(4-7)5-19-10-8-9(17-18-16-8)14-11(13)15-10/h1-4H,5H2,(H3,13,14,15,16,17,18). The topological polar surface area (TPSA) is 103 Å². The SMILES string of the molecule is Nc1nc(OCc2cccc(F)c2)c2n[nH]nc2n1. The van der Waals surface area contributed by atoms with Gasteiger partial charge in [-0.2, -0.15) is 15.2 Å². The van der Waals surface area contributed by atoms with E-state index >= 15 is 0 Å². The molecule has 3 aromatic rings. The first kappa shape index (κ1) is 11.3. The average molecular weight is 260 g/mol. The van der Waals surface area contributed by atoms with Gasteiger partial charge < -0.3 is 10.5 Å². The van der Waals surface area contributed by atoms with Gasteiger partial charge in [0.05, 0.1) is 0 Å². The van der Waals surface area contributed by atoms with Crippen LogP contribution in [0.15, 0.2) is 24.3 Å². The predicted molar refractivity (Wildman–Crippen MR) is 64.6 cm³/mol. The summed E-state index contributed by atoms with van der Waals surface area (Å²) in [7, 11) is 0. The van der Waals surface area contributed by atoms with E-state index in [-0.39, 0.29) is 24.3 Å². The van der Waals surface area contributed by atoms with Gasteiger partial charge in [0.2, 0.25) is 17.5 Å². The van der Waals surface area contributed by atoms with Crippen molar-refractivity contribution in [1.29, 1.82) is 0 Å². The van der Waals surface area contributed by atoms with Crippen LogP contribution in [0.5, 0.6) is 5.88 Å². The van der Waals surface area contributed by atoms with Crippen molar-refractivity contribution in [2.45, 2.75) is 6.61 Å². The van der Waals surface area contributed by atoms with Crippen LogP contribution < -0.4 is 10.5 Å². The van der Waals surface area contributed by atoms with Gasteiger partial charge in [-0.25, -0.2) is 4.39 Å². The number of nitrogens with one attached hydrogen (secondary N) is 1. The first-order chi connectivity index (χ1) is 9.22. The lowest BCUT2D eigenvalue weighted by Crippen LogP contribution is -2.02. The molecule has 8 heteroatoms. The maximum absolute atomic E-state index is 13.0. The fourth-order valence-electron chi connectivity index (χ4n) is 1.62. The van der Waals surface area contributed by atoms with E-state index in [0.29, 0.717) is 16.7 Å². The lowest BCUT2D eigenvalue weighted by molar-refractivity contribution is 0.297. The Labute approximate surface area is 106 Å². The lowest BCUT2D eigenvalue weighted by atomic mass is 10.2. The molecule has 0 aliphatic heterocycles. The van der Waals surface area contributed by atoms with Gasteiger partial charge in [-0.05, 0) is 17.7 Å². The molecule has 0 unspecified atom stereocenters. The van der Waals surface area contributed by atoms with Gasteiger partial charge in [0.1, 0.15) is 12.4 Å². The highest BCUT2D eigenvalue weighted by molar-refractivity contribution is 5.75. The van der Waals surface area contributed by atoms with Crippen molar-refractivity contribution in [3.05, 3.63) is 35.6 Å². The Morgan fingerprint density at radius 2 is 2.16 bits per heavy atom. The molecule has 2 aromatic heterocycles. The van der Waals surface area contributed by atoms with E-state index in [1.165, 1.54) is 12.1 Å². The van der Waals surface area contributed by atoms with Crippen molar-refractivity contribution < 1.29 is 9.13 Å². The van der Waals surface area contributed by atoms with E-state index in [1.807, 2.05) is 0 Å². The Kier molecular flexibility index (Phi) is 2.67. The van der Waals surface area contributed by atoms with Gasteiger partial charge in [0.15, 0.2) is 5.52 Å². The number of H-pyrrole nitrogens is 1. The summed E-state index contributed by atoms with van der Waals surface area (Å²) in [6.45, 7) is 0.149. The van der Waals surface area contributed by atoms with E-state index in [9.17, 15) is 4.39 Å². The number of benzene rings is 1. The minimum Gasteiger partial charge on any atom is -0.471 e. The van der Waals surface area contributed by atoms with Crippen LogP contribution in [-0.2, 0) is 6.61 Å². The molecule has 0 amide bonds. The highest BCUT2D eigenvalue weighted by atomic mass is 19.1. The second-order valence-corrected chi connectivity index (χ2v) is 3.80. The van der Waals surface area contributed by atoms with E-state index in [4.69, 9.17) is 10.5 Å². The molecule has 96 valence electrons. The van der Waals surface area contributed by atoms with Gasteiger partial charge in [-0.15, -0.1) is 10.2 Å². The number of hydrogen-bond donors (Lipinski definition) is 2. The number of rotatable bonds is 3. The van der Waals surface area contributed by atoms with Crippen molar-refractivity contribution in [3.63, 3.8) is 0 Å². The smallest absolute Gasteiger partial charge is 0.249 e. The first-order valence-electron chi connectivity index (χ1n) is 5.43. The first-order valence-corrected chi connectivity index (χ1v) is 5.43. The lowest BCUT2D eigenvalue weighted by Gasteiger charge is -2.05. The van der Waals surface area contributed by atoms with Gasteiger partial charge in [-0.3, -0.25) is 0 Å². The highest BCUT2D eigenvalue weighted by Crippen LogP contribution is 2.20. The highest BCUT2D eigenvalue weighted by Gasteiger charge is 2.11. The minimum atomic E-state index is -0.324. The molecule has 2 heterocycles. The molecule has 0 saturated heterocycles. The number of nitrogens with zero attached hydrogens (tertiary/aromatic N) is 4. The molecule has 0 aliphatic carbocycles. The number of hydrogen-bond acceptors (Lipinski definition) is 6. The van der Waals surface area contributed by atoms with Crippen molar-refractivity contribution in [3.8, 4) is 5.88 Å². The van der Waals surface area contributed by atoms with E-state index in [0.717, 1.165) is 0 Å². The van der Waals surface area contributed by atoms with Gasteiger partial charge in [-0.1, -0.05) is 12.1 Å². The second kappa shape index (κ2) is 4.48. The monoisotopic (exact) mass is 260 g/mol. The molecule has 19 heavy (non-hydrogen) atoms. The van der Waals surface area contributed by atoms with Crippen molar-refractivity contribution in [2.75, 3.05) is 5.73 Å². The fourth-order valence-corrected chi connectivity index (χ4v) is 1.62. The van der Waals surface area contributed by atoms with E-state index in [1.54, 1.807) is 12.1 Å². The summed E-state index contributed by atoms with van der Waals surface area (Å²) in [6, 6.07) is 6.09. The van der Waals surface area contributed by atoms with Crippen LogP contribution in [0.25, 0.3) is 11.2 Å². The van der Waals surface area contributed by atoms with Crippen LogP contribution in [-0.4, -0.2) is 25.4 Å². The van der Waals surface area contributed by atoms with Crippen LogP contribution >= 0.6 is 0 Å². The summed E-state index contributed by atoms with van der Waals surface area (Å²) in [5.74, 6) is -0.0777. The molecule has 0 spiro atoms. The number of anilines is 1. The average Bonchev–Trinajstić information content (AvgIpc) is 2.84. The number of aromatic amines is 1. The third-order valence-corrected chi connectivity index (χ3v) is 2.43. The molecular weight excluding hydrogens is 251 g/mol. The molecule has 7 nitrogen and oxygen atoms in total. The quantitative estimate of drug-likeness (QED) is 0.729. The van der Waals surface area contributed by atoms with Crippen LogP contribution in [0.1, 0.15) is 5.56 Å². The van der Waals surface area contributed by atoms with Crippen LogP contribution in [0.4, 0.5) is 10.3 Å². The number of nitrogen functional groups attached to an aromatic ring is 1. The van der Waals surface area contributed by atoms with Gasteiger partial charge in [0, 0.05) is 0 Å². The van der Waals surface area contributed by atoms with Crippen molar-refractivity contribution in [2.24, 2.45) is 0 Å². The minimum absolute atomic E-state index is 0.0376. The van der Waals surface area contributed by atoms with Gasteiger partial charge in [0.25, 0.3) is 0 Å². The zero-order valence-corrected chi connectivity index (χ0v) is 9.67. The van der Waals surface area contributed by atoms with Crippen molar-refractivity contribution >= 4 is 17.1 Å². The third-order valence-electron chi connectivity index (χ3n) is 2.43. The number of halogens is 1. The summed E-state index contributed by atoms with van der Waals surface area (Å²) >= 11 is 0. The largest absolute Gasteiger partial charge is 0.471 e. The molecule has 3 N–H and O–H groups in total. The Morgan fingerprint density at radius 3 is 3.00 bits per heavy atom. The Morgan fingerprint density at radius 1 is 1.26 bits per heavy atom. The summed E-state index contributed by atoms with van der Waals surface area (Å²) < 4.78 is 18.5. The Bertz CT molecular complexity index is 728. The second-order valence-electron chi connectivity index (χ2n) is 3.80. The number of aromatic nitrogens is 5. The number of nitrogens with two attached hydrogens (primary N) is 1. The van der Waals surface area contributed by atoms with E-state index in [2.05, 4.69) is 25.4 Å². The zero-order valence-electron chi connectivity index (χ0n) is 9.67. The normalized spacial score (nSPS) is 10.8. The van der Waals surface area contributed by atoms with Crippen molar-refractivity contribution in [1.82, 2.24) is 25.4 Å². The van der Waals surface area contributed by atoms with Gasteiger partial charge >= 0.3 is 0 Å². The molecule has 0 saturated carbocycles. The zero-order chi connectivity index (χ0) is 13.2. The Hall–Kier alpha value is -2.77. The van der Waals surface area contributed by atoms with Crippen LogP contribution in [0, 0.1) is 5.82 Å². The fraction of sp³-hybridized carbons (Fsp3) is 0.0909. The molecule has 0 bridgehead atoms. The third kappa shape index (κ3) is 2.28. The molecule has 0 radical (unpaired) electrons. The summed E-state index contributed by atoms with van der Waals surface area (Å²) in [5, 5.41) is 10.1. The van der Waals surface area contributed by atoms with E-state index < -0.39 is 0 Å². The maximum Gasteiger partial charge on any atom is 0.249 e. The molecular formula is C11H9FN6O. The van der Waals surface area contributed by atoms with Crippen LogP contribution in [0.3, 0.4) is 0 Å². The van der Waals surface area contributed by atoms with Crippen LogP contribution in [0.2, 0.25) is 0 Å². The molecule has 0 atom stereocenters. The molecule has 0 aliphatic rings. The molecule has 0 fully saturated rings. The molecule has 3 rings (SSSR count). The maximum atomic E-state index is 13.0. The summed E-state index contributed by atoms with van der Waals surface area (Å²) in [6.07, 6.45) is 0. The summed E-state index contributed by atoms with van der Waals surface area (Å²) in [4.78, 5) is 7.83. The summed E-state index contributed by atoms with van der Waals surface area (Å²) in [5.41, 5.74) is 6.91.